The number of fused-ring (bicyclic) bond motifs is 2. The summed E-state index contributed by atoms with van der Waals surface area (Å²) in [4.78, 5) is 21.6. The van der Waals surface area contributed by atoms with Crippen LogP contribution in [0.5, 0.6) is 0 Å². The van der Waals surface area contributed by atoms with Crippen LogP contribution in [0.1, 0.15) is 24.2 Å². The molecule has 0 fully saturated rings. The third-order valence-corrected chi connectivity index (χ3v) is 5.39. The lowest BCUT2D eigenvalue weighted by Gasteiger charge is -2.18. The van der Waals surface area contributed by atoms with Gasteiger partial charge in [-0.3, -0.25) is 0 Å². The van der Waals surface area contributed by atoms with Crippen LogP contribution in [0.4, 0.5) is 5.82 Å². The molecule has 3 heterocycles. The summed E-state index contributed by atoms with van der Waals surface area (Å²) < 4.78 is 7.40. The number of nitrogens with two attached hydrogens (primary N) is 1. The molecular weight excluding hydrogens is 378 g/mol. The van der Waals surface area contributed by atoms with E-state index in [1.54, 1.807) is 10.7 Å². The zero-order valence-electron chi connectivity index (χ0n) is 16.5. The van der Waals surface area contributed by atoms with Gasteiger partial charge in [-0.2, -0.15) is 5.10 Å². The van der Waals surface area contributed by atoms with E-state index in [1.165, 1.54) is 6.33 Å². The Balaban J connectivity index is 1.85. The van der Waals surface area contributed by atoms with E-state index >= 15 is 0 Å². The maximum atomic E-state index is 13.2. The number of anilines is 1. The van der Waals surface area contributed by atoms with Gasteiger partial charge < -0.3 is 10.2 Å². The molecule has 2 N–H and O–H groups in total. The van der Waals surface area contributed by atoms with Gasteiger partial charge in [0.2, 0.25) is 0 Å². The molecule has 148 valence electrons. The summed E-state index contributed by atoms with van der Waals surface area (Å²) in [5.74, 6) is 0.366. The van der Waals surface area contributed by atoms with Crippen molar-refractivity contribution in [1.82, 2.24) is 19.7 Å². The van der Waals surface area contributed by atoms with E-state index < -0.39 is 11.7 Å². The highest BCUT2D eigenvalue weighted by atomic mass is 16.4. The minimum absolute atomic E-state index is 0.366. The molecule has 0 saturated heterocycles. The lowest BCUT2D eigenvalue weighted by molar-refractivity contribution is 0.510. The van der Waals surface area contributed by atoms with Crippen LogP contribution in [0.15, 0.2) is 70.1 Å². The molecule has 30 heavy (non-hydrogen) atoms. The van der Waals surface area contributed by atoms with Gasteiger partial charge in [0, 0.05) is 10.9 Å². The maximum Gasteiger partial charge on any atom is 0.342 e. The van der Waals surface area contributed by atoms with Crippen LogP contribution in [0.2, 0.25) is 0 Å². The second-order valence-corrected chi connectivity index (χ2v) is 7.20. The van der Waals surface area contributed by atoms with Crippen molar-refractivity contribution < 1.29 is 4.42 Å². The number of aromatic nitrogens is 4. The average molecular weight is 397 g/mol. The van der Waals surface area contributed by atoms with Crippen LogP contribution in [0, 0.1) is 6.92 Å². The first kappa shape index (κ1) is 18.1. The van der Waals surface area contributed by atoms with E-state index in [4.69, 9.17) is 10.2 Å². The van der Waals surface area contributed by atoms with E-state index in [2.05, 4.69) is 15.1 Å². The van der Waals surface area contributed by atoms with Crippen LogP contribution in [0.3, 0.4) is 0 Å². The van der Waals surface area contributed by atoms with Gasteiger partial charge in [-0.1, -0.05) is 48.5 Å². The number of nitrogen functional groups attached to an aromatic ring is 1. The second kappa shape index (κ2) is 6.81. The molecular formula is C23H19N5O2. The molecule has 7 nitrogen and oxygen atoms in total. The lowest BCUT2D eigenvalue weighted by Crippen LogP contribution is -2.19. The van der Waals surface area contributed by atoms with E-state index in [0.717, 1.165) is 16.5 Å². The Morgan fingerprint density at radius 3 is 2.57 bits per heavy atom. The molecule has 0 spiro atoms. The Morgan fingerprint density at radius 1 is 1.03 bits per heavy atom. The fourth-order valence-electron chi connectivity index (χ4n) is 4.02. The summed E-state index contributed by atoms with van der Waals surface area (Å²) in [5, 5.41) is 6.20. The van der Waals surface area contributed by atoms with Gasteiger partial charge in [0.25, 0.3) is 0 Å². The van der Waals surface area contributed by atoms with Crippen molar-refractivity contribution in [2.45, 2.75) is 19.9 Å². The van der Waals surface area contributed by atoms with Crippen molar-refractivity contribution in [3.05, 3.63) is 82.6 Å². The largest absolute Gasteiger partial charge is 0.422 e. The summed E-state index contributed by atoms with van der Waals surface area (Å²) >= 11 is 0. The highest BCUT2D eigenvalue weighted by Gasteiger charge is 2.25. The summed E-state index contributed by atoms with van der Waals surface area (Å²) in [5.41, 5.74) is 9.77. The summed E-state index contributed by atoms with van der Waals surface area (Å²) in [7, 11) is 0. The SMILES string of the molecule is Cc1nn(C(C)c2c(-c3ccccc3)c3ccccc3oc2=O)c2ncnc(N)c12. The molecule has 2 aromatic carbocycles. The first-order valence-electron chi connectivity index (χ1n) is 9.62. The molecule has 1 atom stereocenters. The number of aryl methyl sites for hydroxylation is 1. The average Bonchev–Trinajstić information content (AvgIpc) is 3.10. The van der Waals surface area contributed by atoms with Crippen LogP contribution in [-0.2, 0) is 0 Å². The molecule has 0 aliphatic rings. The van der Waals surface area contributed by atoms with E-state index in [9.17, 15) is 4.79 Å². The van der Waals surface area contributed by atoms with Gasteiger partial charge in [-0.25, -0.2) is 19.4 Å². The standard InChI is InChI=1S/C23H19N5O2/c1-13-18-21(24)25-12-26-22(18)28(27-13)14(2)19-20(15-8-4-3-5-9-15)16-10-6-7-11-17(16)30-23(19)29/h3-12,14H,1-2H3,(H2,24,25,26). The topological polar surface area (TPSA) is 99.8 Å². The molecule has 5 rings (SSSR count). The predicted octanol–water partition coefficient (Wildman–Crippen LogP) is 4.10. The Kier molecular flexibility index (Phi) is 4.10. The summed E-state index contributed by atoms with van der Waals surface area (Å²) in [6.45, 7) is 3.77. The first-order valence-corrected chi connectivity index (χ1v) is 9.62. The smallest absolute Gasteiger partial charge is 0.342 e. The molecule has 3 aromatic heterocycles. The molecule has 0 aliphatic heterocycles. The van der Waals surface area contributed by atoms with Crippen molar-refractivity contribution >= 4 is 27.8 Å². The zero-order chi connectivity index (χ0) is 20.8. The quantitative estimate of drug-likeness (QED) is 0.460. The van der Waals surface area contributed by atoms with Crippen molar-refractivity contribution in [2.75, 3.05) is 5.73 Å². The van der Waals surface area contributed by atoms with Crippen molar-refractivity contribution in [3.63, 3.8) is 0 Å². The van der Waals surface area contributed by atoms with Gasteiger partial charge in [-0.15, -0.1) is 0 Å². The molecule has 1 unspecified atom stereocenters. The monoisotopic (exact) mass is 397 g/mol. The Hall–Kier alpha value is -4.00. The van der Waals surface area contributed by atoms with E-state index in [0.29, 0.717) is 33.7 Å². The number of para-hydroxylation sites is 1. The van der Waals surface area contributed by atoms with Gasteiger partial charge >= 0.3 is 5.63 Å². The third kappa shape index (κ3) is 2.67. The van der Waals surface area contributed by atoms with Crippen LogP contribution < -0.4 is 11.4 Å². The van der Waals surface area contributed by atoms with Crippen molar-refractivity contribution in [2.24, 2.45) is 0 Å². The highest BCUT2D eigenvalue weighted by Crippen LogP contribution is 2.35. The Morgan fingerprint density at radius 2 is 1.77 bits per heavy atom. The highest BCUT2D eigenvalue weighted by molar-refractivity contribution is 5.95. The molecule has 0 aliphatic carbocycles. The number of rotatable bonds is 3. The van der Waals surface area contributed by atoms with Crippen LogP contribution in [0.25, 0.3) is 33.1 Å². The normalized spacial score (nSPS) is 12.5. The molecule has 0 amide bonds. The van der Waals surface area contributed by atoms with Crippen LogP contribution >= 0.6 is 0 Å². The number of hydrogen-bond donors (Lipinski definition) is 1. The number of nitrogens with zero attached hydrogens (tertiary/aromatic N) is 4. The van der Waals surface area contributed by atoms with Crippen molar-refractivity contribution in [1.29, 1.82) is 0 Å². The fraction of sp³-hybridized carbons (Fsp3) is 0.130. The Labute approximate surface area is 171 Å². The van der Waals surface area contributed by atoms with E-state index in [1.807, 2.05) is 62.4 Å². The second-order valence-electron chi connectivity index (χ2n) is 7.20. The van der Waals surface area contributed by atoms with Crippen LogP contribution in [-0.4, -0.2) is 19.7 Å². The van der Waals surface area contributed by atoms with Gasteiger partial charge in [-0.05, 0) is 25.5 Å². The van der Waals surface area contributed by atoms with Gasteiger partial charge in [0.05, 0.1) is 22.7 Å². The Bertz CT molecular complexity index is 1450. The molecule has 0 saturated carbocycles. The van der Waals surface area contributed by atoms with Gasteiger partial charge in [0.15, 0.2) is 5.65 Å². The minimum Gasteiger partial charge on any atom is -0.422 e. The maximum absolute atomic E-state index is 13.2. The fourth-order valence-corrected chi connectivity index (χ4v) is 4.02. The molecule has 0 radical (unpaired) electrons. The first-order chi connectivity index (χ1) is 14.6. The summed E-state index contributed by atoms with van der Waals surface area (Å²) in [6.07, 6.45) is 1.41. The summed E-state index contributed by atoms with van der Waals surface area (Å²) in [6, 6.07) is 17.0. The van der Waals surface area contributed by atoms with E-state index in [-0.39, 0.29) is 0 Å². The lowest BCUT2D eigenvalue weighted by atomic mass is 9.94. The zero-order valence-corrected chi connectivity index (χ0v) is 16.5. The third-order valence-electron chi connectivity index (χ3n) is 5.39. The minimum atomic E-state index is -0.438. The van der Waals surface area contributed by atoms with Gasteiger partial charge in [0.1, 0.15) is 17.7 Å². The molecule has 7 heteroatoms. The van der Waals surface area contributed by atoms with Crippen molar-refractivity contribution in [3.8, 4) is 11.1 Å². The number of hydrogen-bond acceptors (Lipinski definition) is 6. The predicted molar refractivity (Wildman–Crippen MR) is 116 cm³/mol. The molecule has 5 aromatic rings. The molecule has 0 bridgehead atoms. The number of benzene rings is 2.